The Morgan fingerprint density at radius 3 is 2.28 bits per heavy atom. The van der Waals surface area contributed by atoms with Gasteiger partial charge in [0, 0.05) is 18.6 Å². The summed E-state index contributed by atoms with van der Waals surface area (Å²) in [4.78, 5) is 32.4. The normalized spacial score (nSPS) is 10.7. The van der Waals surface area contributed by atoms with Crippen LogP contribution in [0.5, 0.6) is 0 Å². The SMILES string of the molecule is CC(C)Cc1nnc(NC(=O)c2cc([N+](=O)[O-])c(Cl)c([N+](=O)[O-])c2)s1. The highest BCUT2D eigenvalue weighted by Gasteiger charge is 2.27. The number of carbonyl (C=O) groups excluding carboxylic acids is 1. The number of carbonyl (C=O) groups is 1. The molecule has 0 unspecified atom stereocenters. The quantitative estimate of drug-likeness (QED) is 0.592. The Balaban J connectivity index is 2.31. The minimum Gasteiger partial charge on any atom is -0.296 e. The van der Waals surface area contributed by atoms with Gasteiger partial charge in [0.1, 0.15) is 5.01 Å². The molecule has 0 radical (unpaired) electrons. The number of nitro groups is 2. The second-order valence-electron chi connectivity index (χ2n) is 5.40. The van der Waals surface area contributed by atoms with Crippen LogP contribution in [0, 0.1) is 26.1 Å². The van der Waals surface area contributed by atoms with E-state index in [0.717, 1.165) is 28.5 Å². The van der Waals surface area contributed by atoms with Crippen molar-refractivity contribution in [2.24, 2.45) is 5.92 Å². The second-order valence-corrected chi connectivity index (χ2v) is 6.84. The molecule has 0 saturated carbocycles. The van der Waals surface area contributed by atoms with E-state index in [1.54, 1.807) is 0 Å². The third-order valence-electron chi connectivity index (χ3n) is 2.96. The fraction of sp³-hybridized carbons (Fsp3) is 0.308. The van der Waals surface area contributed by atoms with Crippen molar-refractivity contribution in [2.45, 2.75) is 20.3 Å². The van der Waals surface area contributed by atoms with Crippen LogP contribution in [-0.4, -0.2) is 26.0 Å². The van der Waals surface area contributed by atoms with Gasteiger partial charge in [0.25, 0.3) is 17.3 Å². The van der Waals surface area contributed by atoms with Gasteiger partial charge in [-0.3, -0.25) is 30.3 Å². The molecule has 0 atom stereocenters. The van der Waals surface area contributed by atoms with Gasteiger partial charge in [-0.2, -0.15) is 0 Å². The number of amides is 1. The van der Waals surface area contributed by atoms with Crippen LogP contribution in [0.15, 0.2) is 12.1 Å². The molecule has 10 nitrogen and oxygen atoms in total. The van der Waals surface area contributed by atoms with Crippen molar-refractivity contribution >= 4 is 45.4 Å². The minimum atomic E-state index is -0.891. The first-order valence-corrected chi connectivity index (χ1v) is 8.14. The maximum absolute atomic E-state index is 12.2. The van der Waals surface area contributed by atoms with E-state index < -0.39 is 32.2 Å². The van der Waals surface area contributed by atoms with Gasteiger partial charge in [-0.25, -0.2) is 0 Å². The molecule has 0 fully saturated rings. The predicted octanol–water partition coefficient (Wildman–Crippen LogP) is 3.46. The summed E-state index contributed by atoms with van der Waals surface area (Å²) in [5, 5.41) is 32.4. The Labute approximate surface area is 150 Å². The molecule has 0 spiro atoms. The Morgan fingerprint density at radius 2 is 1.80 bits per heavy atom. The molecule has 0 saturated heterocycles. The van der Waals surface area contributed by atoms with Crippen LogP contribution >= 0.6 is 22.9 Å². The van der Waals surface area contributed by atoms with Crippen molar-refractivity contribution in [2.75, 3.05) is 5.32 Å². The van der Waals surface area contributed by atoms with E-state index in [9.17, 15) is 25.0 Å². The Bertz CT molecular complexity index is 818. The Kier molecular flexibility index (Phi) is 5.59. The van der Waals surface area contributed by atoms with Crippen molar-refractivity contribution in [1.82, 2.24) is 10.2 Å². The lowest BCUT2D eigenvalue weighted by Gasteiger charge is -2.03. The molecule has 1 N–H and O–H groups in total. The maximum Gasteiger partial charge on any atom is 0.295 e. The molecule has 132 valence electrons. The molecule has 0 aliphatic rings. The van der Waals surface area contributed by atoms with Gasteiger partial charge >= 0.3 is 0 Å². The third-order valence-corrected chi connectivity index (χ3v) is 4.21. The predicted molar refractivity (Wildman–Crippen MR) is 91.2 cm³/mol. The van der Waals surface area contributed by atoms with Crippen LogP contribution in [0.25, 0.3) is 0 Å². The molecule has 25 heavy (non-hydrogen) atoms. The summed E-state index contributed by atoms with van der Waals surface area (Å²) >= 11 is 6.81. The van der Waals surface area contributed by atoms with E-state index in [2.05, 4.69) is 15.5 Å². The number of hydrogen-bond acceptors (Lipinski definition) is 8. The summed E-state index contributed by atoms with van der Waals surface area (Å²) in [5.41, 5.74) is -1.72. The van der Waals surface area contributed by atoms with Crippen molar-refractivity contribution < 1.29 is 14.6 Å². The van der Waals surface area contributed by atoms with Gasteiger partial charge < -0.3 is 0 Å². The number of benzene rings is 1. The standard InChI is InChI=1S/C13H12ClN5O5S/c1-6(2)3-10-16-17-13(25-10)15-12(20)7-4-8(18(21)22)11(14)9(5-7)19(23)24/h4-6H,3H2,1-2H3,(H,15,17,20). The first-order valence-electron chi connectivity index (χ1n) is 6.95. The smallest absolute Gasteiger partial charge is 0.295 e. The first kappa shape index (κ1) is 18.7. The molecule has 1 aromatic carbocycles. The molecule has 1 amide bonds. The van der Waals surface area contributed by atoms with E-state index in [0.29, 0.717) is 12.3 Å². The maximum atomic E-state index is 12.2. The first-order chi connectivity index (χ1) is 11.7. The molecule has 2 rings (SSSR count). The van der Waals surface area contributed by atoms with Crippen LogP contribution in [0.4, 0.5) is 16.5 Å². The van der Waals surface area contributed by atoms with Crippen LogP contribution in [0.1, 0.15) is 29.2 Å². The molecule has 1 heterocycles. The number of nitro benzene ring substituents is 2. The molecular weight excluding hydrogens is 374 g/mol. The van der Waals surface area contributed by atoms with Crippen molar-refractivity contribution in [3.05, 3.63) is 48.0 Å². The van der Waals surface area contributed by atoms with Gasteiger partial charge in [0.2, 0.25) is 5.13 Å². The summed E-state index contributed by atoms with van der Waals surface area (Å²) in [7, 11) is 0. The number of rotatable bonds is 6. The Morgan fingerprint density at radius 1 is 1.24 bits per heavy atom. The van der Waals surface area contributed by atoms with Crippen LogP contribution in [0.3, 0.4) is 0 Å². The average molecular weight is 386 g/mol. The van der Waals surface area contributed by atoms with Crippen LogP contribution in [0.2, 0.25) is 5.02 Å². The van der Waals surface area contributed by atoms with E-state index in [-0.39, 0.29) is 10.7 Å². The number of halogens is 1. The number of nitrogens with one attached hydrogen (secondary N) is 1. The van der Waals surface area contributed by atoms with Gasteiger partial charge in [-0.15, -0.1) is 10.2 Å². The van der Waals surface area contributed by atoms with Gasteiger partial charge in [-0.05, 0) is 5.92 Å². The number of hydrogen-bond donors (Lipinski definition) is 1. The topological polar surface area (TPSA) is 141 Å². The Hall–Kier alpha value is -2.66. The molecule has 0 aliphatic heterocycles. The summed E-state index contributed by atoms with van der Waals surface area (Å²) in [5.74, 6) is -0.423. The summed E-state index contributed by atoms with van der Waals surface area (Å²) in [6.45, 7) is 4.01. The molecule has 0 aliphatic carbocycles. The molecule has 0 bridgehead atoms. The lowest BCUT2D eigenvalue weighted by atomic mass is 10.1. The largest absolute Gasteiger partial charge is 0.296 e. The summed E-state index contributed by atoms with van der Waals surface area (Å²) in [6, 6.07) is 1.75. The van der Waals surface area contributed by atoms with Crippen molar-refractivity contribution in [1.29, 1.82) is 0 Å². The fourth-order valence-corrected chi connectivity index (χ4v) is 3.09. The zero-order valence-electron chi connectivity index (χ0n) is 13.1. The van der Waals surface area contributed by atoms with Crippen LogP contribution in [-0.2, 0) is 6.42 Å². The molecule has 12 heteroatoms. The third kappa shape index (κ3) is 4.45. The average Bonchev–Trinajstić information content (AvgIpc) is 2.92. The molecule has 2 aromatic rings. The molecule has 1 aromatic heterocycles. The van der Waals surface area contributed by atoms with Crippen molar-refractivity contribution in [3.63, 3.8) is 0 Å². The highest BCUT2D eigenvalue weighted by molar-refractivity contribution is 7.15. The lowest BCUT2D eigenvalue weighted by molar-refractivity contribution is -0.393. The second kappa shape index (κ2) is 7.49. The van der Waals surface area contributed by atoms with Gasteiger partial charge in [0.05, 0.1) is 15.4 Å². The van der Waals surface area contributed by atoms with E-state index in [1.807, 2.05) is 13.8 Å². The highest BCUT2D eigenvalue weighted by atomic mass is 35.5. The highest BCUT2D eigenvalue weighted by Crippen LogP contribution is 2.35. The van der Waals surface area contributed by atoms with E-state index >= 15 is 0 Å². The van der Waals surface area contributed by atoms with E-state index in [4.69, 9.17) is 11.6 Å². The lowest BCUT2D eigenvalue weighted by Crippen LogP contribution is -2.12. The van der Waals surface area contributed by atoms with E-state index in [1.165, 1.54) is 0 Å². The van der Waals surface area contributed by atoms with Gasteiger partial charge in [0.15, 0.2) is 5.02 Å². The number of anilines is 1. The van der Waals surface area contributed by atoms with Crippen molar-refractivity contribution in [3.8, 4) is 0 Å². The molecular formula is C13H12ClN5O5S. The zero-order valence-corrected chi connectivity index (χ0v) is 14.6. The van der Waals surface area contributed by atoms with Gasteiger partial charge in [-0.1, -0.05) is 36.8 Å². The number of nitrogens with zero attached hydrogens (tertiary/aromatic N) is 4. The van der Waals surface area contributed by atoms with Crippen LogP contribution < -0.4 is 5.32 Å². The number of aromatic nitrogens is 2. The monoisotopic (exact) mass is 385 g/mol. The summed E-state index contributed by atoms with van der Waals surface area (Å²) < 4.78 is 0. The minimum absolute atomic E-state index is 0.195. The zero-order chi connectivity index (χ0) is 18.7. The summed E-state index contributed by atoms with van der Waals surface area (Å²) in [6.07, 6.45) is 0.686. The fourth-order valence-electron chi connectivity index (χ4n) is 1.90.